The lowest BCUT2D eigenvalue weighted by Gasteiger charge is -2.13. The first-order chi connectivity index (χ1) is 9.45. The van der Waals surface area contributed by atoms with Crippen LogP contribution in [0.5, 0.6) is 0 Å². The lowest BCUT2D eigenvalue weighted by Crippen LogP contribution is -2.13. The first-order valence-corrected chi connectivity index (χ1v) is 6.51. The van der Waals surface area contributed by atoms with Gasteiger partial charge in [0.15, 0.2) is 11.6 Å². The van der Waals surface area contributed by atoms with Crippen molar-refractivity contribution in [2.45, 2.75) is 38.6 Å². The minimum Gasteiger partial charge on any atom is -0.466 e. The molecular formula is C14H18F3NO2. The fourth-order valence-electron chi connectivity index (χ4n) is 1.84. The maximum absolute atomic E-state index is 13.5. The third kappa shape index (κ3) is 4.85. The molecule has 1 atom stereocenters. The van der Waals surface area contributed by atoms with E-state index in [1.807, 2.05) is 0 Å². The van der Waals surface area contributed by atoms with E-state index in [1.54, 1.807) is 6.92 Å². The highest BCUT2D eigenvalue weighted by molar-refractivity contribution is 5.69. The van der Waals surface area contributed by atoms with Gasteiger partial charge in [-0.2, -0.15) is 0 Å². The van der Waals surface area contributed by atoms with Crippen molar-refractivity contribution in [2.24, 2.45) is 5.73 Å². The summed E-state index contributed by atoms with van der Waals surface area (Å²) in [5.41, 5.74) is 5.69. The van der Waals surface area contributed by atoms with Crippen molar-refractivity contribution in [3.63, 3.8) is 0 Å². The molecule has 2 N–H and O–H groups in total. The Balaban J connectivity index is 2.45. The molecule has 1 rings (SSSR count). The van der Waals surface area contributed by atoms with E-state index in [0.717, 1.165) is 6.07 Å². The number of nitrogens with two attached hydrogens (primary N) is 1. The van der Waals surface area contributed by atoms with Crippen LogP contribution in [0.15, 0.2) is 12.1 Å². The molecule has 0 radical (unpaired) electrons. The summed E-state index contributed by atoms with van der Waals surface area (Å²) in [5.74, 6) is -3.51. The second-order valence-electron chi connectivity index (χ2n) is 4.45. The summed E-state index contributed by atoms with van der Waals surface area (Å²) in [6.07, 6.45) is 1.76. The quantitative estimate of drug-likeness (QED) is 0.476. The molecule has 1 unspecified atom stereocenters. The van der Waals surface area contributed by atoms with Gasteiger partial charge in [0.2, 0.25) is 0 Å². The summed E-state index contributed by atoms with van der Waals surface area (Å²) in [4.78, 5) is 11.1. The van der Waals surface area contributed by atoms with Crippen LogP contribution in [0.2, 0.25) is 0 Å². The molecule has 0 bridgehead atoms. The molecule has 0 aliphatic rings. The van der Waals surface area contributed by atoms with Gasteiger partial charge >= 0.3 is 5.97 Å². The molecule has 0 heterocycles. The zero-order valence-corrected chi connectivity index (χ0v) is 11.3. The summed E-state index contributed by atoms with van der Waals surface area (Å²) >= 11 is 0. The summed E-state index contributed by atoms with van der Waals surface area (Å²) in [5, 5.41) is 0. The highest BCUT2D eigenvalue weighted by atomic mass is 19.2. The number of rotatable bonds is 7. The first kappa shape index (κ1) is 16.5. The highest BCUT2D eigenvalue weighted by Crippen LogP contribution is 2.23. The lowest BCUT2D eigenvalue weighted by atomic mass is 10.0. The Bertz CT molecular complexity index is 466. The van der Waals surface area contributed by atoms with Crippen molar-refractivity contribution < 1.29 is 22.7 Å². The Kier molecular flexibility index (Phi) is 6.51. The third-order valence-corrected chi connectivity index (χ3v) is 2.89. The maximum Gasteiger partial charge on any atom is 0.305 e. The molecule has 1 aromatic rings. The number of hydrogen-bond acceptors (Lipinski definition) is 3. The van der Waals surface area contributed by atoms with E-state index in [4.69, 9.17) is 10.5 Å². The molecule has 0 amide bonds. The van der Waals surface area contributed by atoms with E-state index < -0.39 is 23.5 Å². The molecule has 1 aromatic carbocycles. The SMILES string of the molecule is CCOC(=O)CCCCC(N)c1cc(F)c(F)cc1F. The number of ether oxygens (including phenoxy) is 1. The molecule has 0 aliphatic heterocycles. The number of benzene rings is 1. The van der Waals surface area contributed by atoms with Gasteiger partial charge in [0.1, 0.15) is 5.82 Å². The Morgan fingerprint density at radius 3 is 2.50 bits per heavy atom. The van der Waals surface area contributed by atoms with Gasteiger partial charge in [0.25, 0.3) is 0 Å². The van der Waals surface area contributed by atoms with Crippen molar-refractivity contribution in [2.75, 3.05) is 6.61 Å². The van der Waals surface area contributed by atoms with Crippen LogP contribution >= 0.6 is 0 Å². The van der Waals surface area contributed by atoms with Crippen LogP contribution in [-0.2, 0) is 9.53 Å². The zero-order chi connectivity index (χ0) is 15.1. The Hall–Kier alpha value is -1.56. The molecule has 3 nitrogen and oxygen atoms in total. The van der Waals surface area contributed by atoms with Crippen LogP contribution in [0.3, 0.4) is 0 Å². The molecule has 0 fully saturated rings. The van der Waals surface area contributed by atoms with E-state index in [0.29, 0.717) is 31.9 Å². The molecule has 0 aliphatic carbocycles. The van der Waals surface area contributed by atoms with Crippen LogP contribution in [-0.4, -0.2) is 12.6 Å². The summed E-state index contributed by atoms with van der Waals surface area (Å²) in [7, 11) is 0. The number of carbonyl (C=O) groups excluding carboxylic acids is 1. The standard InChI is InChI=1S/C14H18F3NO2/c1-2-20-14(19)6-4-3-5-13(18)9-7-11(16)12(17)8-10(9)15/h7-8,13H,2-6,18H2,1H3. The predicted molar refractivity (Wildman–Crippen MR) is 68.3 cm³/mol. The average molecular weight is 289 g/mol. The monoisotopic (exact) mass is 289 g/mol. The van der Waals surface area contributed by atoms with Crippen LogP contribution in [0.25, 0.3) is 0 Å². The zero-order valence-electron chi connectivity index (χ0n) is 11.3. The largest absolute Gasteiger partial charge is 0.466 e. The van der Waals surface area contributed by atoms with E-state index in [2.05, 4.69) is 0 Å². The first-order valence-electron chi connectivity index (χ1n) is 6.51. The molecule has 0 saturated carbocycles. The molecule has 0 spiro atoms. The van der Waals surface area contributed by atoms with Crippen molar-refractivity contribution in [3.05, 3.63) is 35.1 Å². The Labute approximate surface area is 115 Å². The van der Waals surface area contributed by atoms with Crippen LogP contribution in [0.1, 0.15) is 44.2 Å². The fraction of sp³-hybridized carbons (Fsp3) is 0.500. The average Bonchev–Trinajstić information content (AvgIpc) is 2.39. The predicted octanol–water partition coefficient (Wildman–Crippen LogP) is 3.23. The van der Waals surface area contributed by atoms with Gasteiger partial charge < -0.3 is 10.5 Å². The fourth-order valence-corrected chi connectivity index (χ4v) is 1.84. The van der Waals surface area contributed by atoms with Gasteiger partial charge in [0, 0.05) is 24.1 Å². The third-order valence-electron chi connectivity index (χ3n) is 2.89. The highest BCUT2D eigenvalue weighted by Gasteiger charge is 2.15. The molecule has 0 aromatic heterocycles. The van der Waals surface area contributed by atoms with Gasteiger partial charge in [-0.1, -0.05) is 6.42 Å². The number of hydrogen-bond donors (Lipinski definition) is 1. The molecule has 6 heteroatoms. The van der Waals surface area contributed by atoms with Gasteiger partial charge in [-0.3, -0.25) is 4.79 Å². The maximum atomic E-state index is 13.5. The number of unbranched alkanes of at least 4 members (excludes halogenated alkanes) is 1. The number of carbonyl (C=O) groups is 1. The van der Waals surface area contributed by atoms with E-state index in [-0.39, 0.29) is 18.0 Å². The molecule has 112 valence electrons. The topological polar surface area (TPSA) is 52.3 Å². The van der Waals surface area contributed by atoms with Gasteiger partial charge in [-0.15, -0.1) is 0 Å². The van der Waals surface area contributed by atoms with Crippen LogP contribution < -0.4 is 5.73 Å². The molecular weight excluding hydrogens is 271 g/mol. The van der Waals surface area contributed by atoms with E-state index >= 15 is 0 Å². The van der Waals surface area contributed by atoms with Gasteiger partial charge in [-0.05, 0) is 25.8 Å². The number of halogens is 3. The van der Waals surface area contributed by atoms with Crippen molar-refractivity contribution >= 4 is 5.97 Å². The van der Waals surface area contributed by atoms with E-state index in [9.17, 15) is 18.0 Å². The molecule has 0 saturated heterocycles. The second-order valence-corrected chi connectivity index (χ2v) is 4.45. The van der Waals surface area contributed by atoms with E-state index in [1.165, 1.54) is 0 Å². The number of esters is 1. The second kappa shape index (κ2) is 7.89. The summed E-state index contributed by atoms with van der Waals surface area (Å²) < 4.78 is 44.0. The Morgan fingerprint density at radius 1 is 1.20 bits per heavy atom. The smallest absolute Gasteiger partial charge is 0.305 e. The van der Waals surface area contributed by atoms with Gasteiger partial charge in [-0.25, -0.2) is 13.2 Å². The summed E-state index contributed by atoms with van der Waals surface area (Å²) in [6, 6.07) is 0.538. The molecule has 20 heavy (non-hydrogen) atoms. The minimum atomic E-state index is -1.24. The Morgan fingerprint density at radius 2 is 1.85 bits per heavy atom. The van der Waals surface area contributed by atoms with Gasteiger partial charge in [0.05, 0.1) is 6.61 Å². The summed E-state index contributed by atoms with van der Waals surface area (Å²) in [6.45, 7) is 2.05. The van der Waals surface area contributed by atoms with Crippen LogP contribution in [0, 0.1) is 17.5 Å². The van der Waals surface area contributed by atoms with Crippen molar-refractivity contribution in [1.29, 1.82) is 0 Å². The lowest BCUT2D eigenvalue weighted by molar-refractivity contribution is -0.143. The van der Waals surface area contributed by atoms with Crippen molar-refractivity contribution in [3.8, 4) is 0 Å². The normalized spacial score (nSPS) is 12.2. The van der Waals surface area contributed by atoms with Crippen molar-refractivity contribution in [1.82, 2.24) is 0 Å². The minimum absolute atomic E-state index is 0.0555. The van der Waals surface area contributed by atoms with Crippen LogP contribution in [0.4, 0.5) is 13.2 Å².